The van der Waals surface area contributed by atoms with Crippen molar-refractivity contribution in [3.8, 4) is 0 Å². The molecule has 0 radical (unpaired) electrons. The second kappa shape index (κ2) is 7.60. The number of nitrogens with one attached hydrogen (secondary N) is 1. The molecule has 1 aromatic carbocycles. The van der Waals surface area contributed by atoms with Gasteiger partial charge < -0.3 is 10.2 Å². The summed E-state index contributed by atoms with van der Waals surface area (Å²) < 4.78 is 0. The summed E-state index contributed by atoms with van der Waals surface area (Å²) in [6, 6.07) is 13.8. The van der Waals surface area contributed by atoms with E-state index in [2.05, 4.69) is 65.4 Å². The zero-order valence-corrected chi connectivity index (χ0v) is 14.3. The van der Waals surface area contributed by atoms with Crippen molar-refractivity contribution in [3.63, 3.8) is 0 Å². The number of benzene rings is 1. The minimum absolute atomic E-state index is 0.601. The Morgan fingerprint density at radius 2 is 2.00 bits per heavy atom. The summed E-state index contributed by atoms with van der Waals surface area (Å²) in [4.78, 5) is 7.03. The van der Waals surface area contributed by atoms with E-state index in [9.17, 15) is 0 Å². The van der Waals surface area contributed by atoms with Gasteiger partial charge in [-0.1, -0.05) is 25.1 Å². The van der Waals surface area contributed by atoms with Gasteiger partial charge in [0.15, 0.2) is 0 Å². The lowest BCUT2D eigenvalue weighted by atomic mass is 10.0. The van der Waals surface area contributed by atoms with E-state index >= 15 is 0 Å². The first-order valence-electron chi connectivity index (χ1n) is 8.73. The normalized spacial score (nSPS) is 15.8. The molecule has 1 N–H and O–H groups in total. The van der Waals surface area contributed by atoms with Crippen LogP contribution >= 0.6 is 0 Å². The van der Waals surface area contributed by atoms with Gasteiger partial charge in [-0.2, -0.15) is 0 Å². The Bertz CT molecular complexity index is 613. The molecule has 3 nitrogen and oxygen atoms in total. The molecule has 2 aromatic rings. The van der Waals surface area contributed by atoms with Crippen LogP contribution in [0.1, 0.15) is 36.6 Å². The number of aromatic nitrogens is 1. The molecule has 122 valence electrons. The lowest BCUT2D eigenvalue weighted by molar-refractivity contribution is 0.412. The molecule has 1 saturated heterocycles. The predicted molar refractivity (Wildman–Crippen MR) is 96.9 cm³/mol. The van der Waals surface area contributed by atoms with Crippen molar-refractivity contribution in [1.29, 1.82) is 0 Å². The number of hydrogen-bond donors (Lipinski definition) is 1. The van der Waals surface area contributed by atoms with Gasteiger partial charge in [-0.25, -0.2) is 0 Å². The second-order valence-electron chi connectivity index (χ2n) is 6.49. The van der Waals surface area contributed by atoms with Gasteiger partial charge in [0.2, 0.25) is 0 Å². The van der Waals surface area contributed by atoms with E-state index in [0.717, 1.165) is 31.7 Å². The number of hydrogen-bond acceptors (Lipinski definition) is 3. The molecule has 1 aromatic heterocycles. The van der Waals surface area contributed by atoms with E-state index in [1.54, 1.807) is 0 Å². The Hall–Kier alpha value is -1.87. The predicted octanol–water partition coefficient (Wildman–Crippen LogP) is 3.71. The monoisotopic (exact) mass is 309 g/mol. The Morgan fingerprint density at radius 1 is 1.17 bits per heavy atom. The molecule has 0 amide bonds. The highest BCUT2D eigenvalue weighted by Gasteiger charge is 2.19. The van der Waals surface area contributed by atoms with Crippen molar-refractivity contribution in [2.75, 3.05) is 18.0 Å². The van der Waals surface area contributed by atoms with E-state index < -0.39 is 0 Å². The van der Waals surface area contributed by atoms with Crippen LogP contribution in [0.2, 0.25) is 0 Å². The van der Waals surface area contributed by atoms with E-state index in [1.807, 2.05) is 6.20 Å². The van der Waals surface area contributed by atoms with Gasteiger partial charge in [0.25, 0.3) is 0 Å². The van der Waals surface area contributed by atoms with Crippen LogP contribution in [0.4, 0.5) is 5.69 Å². The molecule has 23 heavy (non-hydrogen) atoms. The number of aryl methyl sites for hydroxylation is 2. The third-order valence-electron chi connectivity index (χ3n) is 4.73. The molecule has 0 unspecified atom stereocenters. The second-order valence-corrected chi connectivity index (χ2v) is 6.49. The van der Waals surface area contributed by atoms with Crippen molar-refractivity contribution < 1.29 is 0 Å². The molecule has 3 heteroatoms. The van der Waals surface area contributed by atoms with Gasteiger partial charge in [0, 0.05) is 37.6 Å². The fourth-order valence-corrected chi connectivity index (χ4v) is 3.18. The fraction of sp³-hybridized carbons (Fsp3) is 0.450. The third-order valence-corrected chi connectivity index (χ3v) is 4.73. The summed E-state index contributed by atoms with van der Waals surface area (Å²) in [5.41, 5.74) is 5.15. The summed E-state index contributed by atoms with van der Waals surface area (Å²) in [7, 11) is 0. The Kier molecular flexibility index (Phi) is 5.29. The highest BCUT2D eigenvalue weighted by molar-refractivity contribution is 5.48. The summed E-state index contributed by atoms with van der Waals surface area (Å²) >= 11 is 0. The maximum atomic E-state index is 4.53. The Balaban J connectivity index is 1.47. The summed E-state index contributed by atoms with van der Waals surface area (Å²) in [6.07, 6.45) is 5.44. The van der Waals surface area contributed by atoms with Crippen molar-refractivity contribution in [1.82, 2.24) is 10.3 Å². The third kappa shape index (κ3) is 4.32. The topological polar surface area (TPSA) is 28.2 Å². The zero-order chi connectivity index (χ0) is 16.1. The number of rotatable bonds is 5. The average molecular weight is 309 g/mol. The van der Waals surface area contributed by atoms with Crippen LogP contribution in [0.25, 0.3) is 0 Å². The first-order chi connectivity index (χ1) is 11.2. The molecule has 0 bridgehead atoms. The molecule has 0 saturated carbocycles. The van der Waals surface area contributed by atoms with Crippen LogP contribution in [-0.2, 0) is 13.0 Å². The summed E-state index contributed by atoms with van der Waals surface area (Å²) in [5, 5.41) is 3.67. The minimum Gasteiger partial charge on any atom is -0.371 e. The quantitative estimate of drug-likeness (QED) is 0.912. The van der Waals surface area contributed by atoms with Crippen molar-refractivity contribution in [3.05, 3.63) is 59.4 Å². The first kappa shape index (κ1) is 16.0. The largest absolute Gasteiger partial charge is 0.371 e. The molecule has 1 fully saturated rings. The van der Waals surface area contributed by atoms with E-state index in [4.69, 9.17) is 0 Å². The van der Waals surface area contributed by atoms with Gasteiger partial charge in [0.1, 0.15) is 0 Å². The minimum atomic E-state index is 0.601. The SMILES string of the molecule is CCc1ccc(CNC2CCN(c3cccc(C)c3)CC2)nc1. The van der Waals surface area contributed by atoms with Gasteiger partial charge in [-0.15, -0.1) is 0 Å². The van der Waals surface area contributed by atoms with E-state index in [1.165, 1.54) is 29.7 Å². The van der Waals surface area contributed by atoms with Crippen LogP contribution in [0.5, 0.6) is 0 Å². The highest BCUT2D eigenvalue weighted by Crippen LogP contribution is 2.21. The number of piperidine rings is 1. The number of pyridine rings is 1. The van der Waals surface area contributed by atoms with Gasteiger partial charge >= 0.3 is 0 Å². The summed E-state index contributed by atoms with van der Waals surface area (Å²) in [5.74, 6) is 0. The highest BCUT2D eigenvalue weighted by atomic mass is 15.1. The number of nitrogens with zero attached hydrogens (tertiary/aromatic N) is 2. The van der Waals surface area contributed by atoms with Crippen molar-refractivity contribution in [2.45, 2.75) is 45.7 Å². The molecule has 2 heterocycles. The van der Waals surface area contributed by atoms with Crippen LogP contribution in [0.15, 0.2) is 42.6 Å². The Morgan fingerprint density at radius 3 is 2.65 bits per heavy atom. The molecule has 1 aliphatic heterocycles. The lowest BCUT2D eigenvalue weighted by Crippen LogP contribution is -2.42. The maximum Gasteiger partial charge on any atom is 0.0541 e. The molecule has 1 aliphatic rings. The van der Waals surface area contributed by atoms with E-state index in [0.29, 0.717) is 6.04 Å². The van der Waals surface area contributed by atoms with Crippen molar-refractivity contribution >= 4 is 5.69 Å². The molecule has 0 spiro atoms. The van der Waals surface area contributed by atoms with Gasteiger partial charge in [-0.05, 0) is 55.5 Å². The average Bonchev–Trinajstić information content (AvgIpc) is 2.61. The fourth-order valence-electron chi connectivity index (χ4n) is 3.18. The van der Waals surface area contributed by atoms with Crippen LogP contribution in [-0.4, -0.2) is 24.1 Å². The van der Waals surface area contributed by atoms with E-state index in [-0.39, 0.29) is 0 Å². The first-order valence-corrected chi connectivity index (χ1v) is 8.73. The molecule has 0 aliphatic carbocycles. The maximum absolute atomic E-state index is 4.53. The molecular weight excluding hydrogens is 282 g/mol. The van der Waals surface area contributed by atoms with Crippen molar-refractivity contribution in [2.24, 2.45) is 0 Å². The Labute approximate surface area is 139 Å². The molecular formula is C20H27N3. The smallest absolute Gasteiger partial charge is 0.0541 e. The van der Waals surface area contributed by atoms with Gasteiger partial charge in [-0.3, -0.25) is 4.98 Å². The summed E-state index contributed by atoms with van der Waals surface area (Å²) in [6.45, 7) is 7.46. The van der Waals surface area contributed by atoms with Crippen LogP contribution in [0, 0.1) is 6.92 Å². The van der Waals surface area contributed by atoms with Crippen LogP contribution in [0.3, 0.4) is 0 Å². The number of anilines is 1. The van der Waals surface area contributed by atoms with Gasteiger partial charge in [0.05, 0.1) is 5.69 Å². The standard InChI is InChI=1S/C20H27N3/c1-3-17-7-8-19(21-14-17)15-22-18-9-11-23(12-10-18)20-6-4-5-16(2)13-20/h4-8,13-14,18,22H,3,9-12,15H2,1-2H3. The molecule has 0 atom stereocenters. The zero-order valence-electron chi connectivity index (χ0n) is 14.3. The molecule has 3 rings (SSSR count). The lowest BCUT2D eigenvalue weighted by Gasteiger charge is -2.34. The van der Waals surface area contributed by atoms with Crippen LogP contribution < -0.4 is 10.2 Å².